The number of nitrogens with zero attached hydrogens (tertiary/aromatic N) is 1. The van der Waals surface area contributed by atoms with Crippen molar-refractivity contribution >= 4 is 33.9 Å². The van der Waals surface area contributed by atoms with Gasteiger partial charge in [0.2, 0.25) is 0 Å². The molecule has 0 spiro atoms. The minimum Gasteiger partial charge on any atom is -0.495 e. The summed E-state index contributed by atoms with van der Waals surface area (Å²) in [6.07, 6.45) is 0.775. The molecular formula is C29H31N3O4S. The van der Waals surface area contributed by atoms with Gasteiger partial charge in [-0.15, -0.1) is 0 Å². The Morgan fingerprint density at radius 3 is 2.30 bits per heavy atom. The van der Waals surface area contributed by atoms with Gasteiger partial charge >= 0.3 is 0 Å². The van der Waals surface area contributed by atoms with Crippen molar-refractivity contribution in [2.75, 3.05) is 33.2 Å². The molecule has 0 aliphatic carbocycles. The Kier molecular flexibility index (Phi) is 8.30. The molecular weight excluding hydrogens is 486 g/mol. The maximum absolute atomic E-state index is 13.1. The van der Waals surface area contributed by atoms with Crippen molar-refractivity contribution in [3.8, 4) is 17.2 Å². The number of aromatic amines is 1. The number of para-hydroxylation sites is 2. The van der Waals surface area contributed by atoms with E-state index in [2.05, 4.69) is 29.4 Å². The molecule has 0 amide bonds. The molecule has 2 N–H and O–H groups in total. The van der Waals surface area contributed by atoms with Crippen LogP contribution in [0.1, 0.15) is 16.7 Å². The van der Waals surface area contributed by atoms with Crippen LogP contribution in [0.2, 0.25) is 0 Å². The van der Waals surface area contributed by atoms with E-state index in [1.807, 2.05) is 53.4 Å². The summed E-state index contributed by atoms with van der Waals surface area (Å²) in [5.41, 5.74) is 4.30. The highest BCUT2D eigenvalue weighted by Crippen LogP contribution is 2.31. The van der Waals surface area contributed by atoms with Crippen LogP contribution >= 0.6 is 12.2 Å². The molecule has 0 fully saturated rings. The van der Waals surface area contributed by atoms with Gasteiger partial charge in [-0.2, -0.15) is 0 Å². The fourth-order valence-corrected chi connectivity index (χ4v) is 4.51. The Morgan fingerprint density at radius 2 is 1.57 bits per heavy atom. The molecule has 1 heterocycles. The third-order valence-electron chi connectivity index (χ3n) is 6.33. The van der Waals surface area contributed by atoms with E-state index in [9.17, 15) is 4.79 Å². The van der Waals surface area contributed by atoms with E-state index in [1.54, 1.807) is 27.4 Å². The summed E-state index contributed by atoms with van der Waals surface area (Å²) in [4.78, 5) is 18.1. The standard InChI is InChI=1S/C29H31N3O4S/c1-19-9-5-6-10-20(19)13-14-32(29(37)31-23-11-7-8-12-25(23)34-2)18-22-15-21-16-26(35-3)27(36-4)17-24(21)30-28(22)33/h5-12,15-17H,13-14,18H2,1-4H3,(H,30,33)(H,31,37). The van der Waals surface area contributed by atoms with Gasteiger partial charge in [-0.05, 0) is 61.0 Å². The lowest BCUT2D eigenvalue weighted by Gasteiger charge is -2.27. The molecule has 8 heteroatoms. The van der Waals surface area contributed by atoms with Gasteiger partial charge in [0, 0.05) is 23.6 Å². The molecule has 4 rings (SSSR count). The maximum atomic E-state index is 13.1. The van der Waals surface area contributed by atoms with Crippen molar-refractivity contribution in [1.82, 2.24) is 9.88 Å². The van der Waals surface area contributed by atoms with Crippen molar-refractivity contribution < 1.29 is 14.2 Å². The zero-order chi connectivity index (χ0) is 26.4. The number of rotatable bonds is 9. The Morgan fingerprint density at radius 1 is 0.892 bits per heavy atom. The van der Waals surface area contributed by atoms with E-state index >= 15 is 0 Å². The lowest BCUT2D eigenvalue weighted by Crippen LogP contribution is -2.37. The van der Waals surface area contributed by atoms with Gasteiger partial charge in [-0.25, -0.2) is 0 Å². The largest absolute Gasteiger partial charge is 0.495 e. The number of nitrogens with one attached hydrogen (secondary N) is 2. The van der Waals surface area contributed by atoms with E-state index in [4.69, 9.17) is 26.4 Å². The molecule has 0 bridgehead atoms. The summed E-state index contributed by atoms with van der Waals surface area (Å²) >= 11 is 5.83. The molecule has 0 atom stereocenters. The molecule has 0 aliphatic heterocycles. The third-order valence-corrected chi connectivity index (χ3v) is 6.69. The molecule has 7 nitrogen and oxygen atoms in total. The Hall–Kier alpha value is -4.04. The minimum absolute atomic E-state index is 0.180. The summed E-state index contributed by atoms with van der Waals surface area (Å²) < 4.78 is 16.3. The van der Waals surface area contributed by atoms with Gasteiger partial charge < -0.3 is 29.4 Å². The number of fused-ring (bicyclic) bond motifs is 1. The number of aryl methyl sites for hydroxylation is 1. The topological polar surface area (TPSA) is 75.8 Å². The predicted molar refractivity (Wildman–Crippen MR) is 152 cm³/mol. The van der Waals surface area contributed by atoms with Crippen LogP contribution in [0.5, 0.6) is 17.2 Å². The number of benzene rings is 3. The highest BCUT2D eigenvalue weighted by molar-refractivity contribution is 7.80. The van der Waals surface area contributed by atoms with Gasteiger partial charge in [-0.1, -0.05) is 36.4 Å². The van der Waals surface area contributed by atoms with Crippen LogP contribution in [0.4, 0.5) is 5.69 Å². The van der Waals surface area contributed by atoms with E-state index in [1.165, 1.54) is 11.1 Å². The zero-order valence-electron chi connectivity index (χ0n) is 21.5. The summed E-state index contributed by atoms with van der Waals surface area (Å²) in [7, 11) is 4.78. The van der Waals surface area contributed by atoms with Crippen molar-refractivity contribution in [3.63, 3.8) is 0 Å². The SMILES string of the molecule is COc1ccccc1NC(=S)N(CCc1ccccc1C)Cc1cc2cc(OC)c(OC)cc2[nH]c1=O. The molecule has 0 saturated carbocycles. The lowest BCUT2D eigenvalue weighted by molar-refractivity contribution is 0.355. The number of hydrogen-bond donors (Lipinski definition) is 2. The molecule has 3 aromatic carbocycles. The number of aromatic nitrogens is 1. The second-order valence-corrected chi connectivity index (χ2v) is 9.03. The van der Waals surface area contributed by atoms with Crippen LogP contribution in [0.3, 0.4) is 0 Å². The van der Waals surface area contributed by atoms with E-state index < -0.39 is 0 Å². The van der Waals surface area contributed by atoms with Crippen LogP contribution in [0.15, 0.2) is 71.5 Å². The van der Waals surface area contributed by atoms with Gasteiger partial charge in [0.1, 0.15) is 5.75 Å². The van der Waals surface area contributed by atoms with Gasteiger partial charge in [0.05, 0.1) is 39.1 Å². The van der Waals surface area contributed by atoms with Gasteiger partial charge in [0.25, 0.3) is 5.56 Å². The summed E-state index contributed by atoms with van der Waals surface area (Å²) in [6.45, 7) is 3.04. The monoisotopic (exact) mass is 517 g/mol. The lowest BCUT2D eigenvalue weighted by atomic mass is 10.1. The summed E-state index contributed by atoms with van der Waals surface area (Å²) in [5.74, 6) is 1.84. The van der Waals surface area contributed by atoms with Crippen LogP contribution in [-0.2, 0) is 13.0 Å². The van der Waals surface area contributed by atoms with Gasteiger partial charge in [0.15, 0.2) is 16.6 Å². The number of ether oxygens (including phenoxy) is 3. The fourth-order valence-electron chi connectivity index (χ4n) is 4.24. The van der Waals surface area contributed by atoms with Crippen molar-refractivity contribution in [2.45, 2.75) is 19.9 Å². The molecule has 1 aromatic heterocycles. The quantitative estimate of drug-likeness (QED) is 0.292. The first kappa shape index (κ1) is 26.0. The minimum atomic E-state index is -0.180. The molecule has 0 aliphatic rings. The molecule has 37 heavy (non-hydrogen) atoms. The first-order valence-electron chi connectivity index (χ1n) is 11.9. The normalized spacial score (nSPS) is 10.7. The number of thiocarbonyl (C=S) groups is 1. The summed E-state index contributed by atoms with van der Waals surface area (Å²) in [6, 6.07) is 21.4. The smallest absolute Gasteiger partial charge is 0.253 e. The fraction of sp³-hybridized carbons (Fsp3) is 0.241. The number of H-pyrrole nitrogens is 1. The van der Waals surface area contributed by atoms with Crippen LogP contribution in [0.25, 0.3) is 10.9 Å². The van der Waals surface area contributed by atoms with Crippen LogP contribution in [0, 0.1) is 6.92 Å². The summed E-state index contributed by atoms with van der Waals surface area (Å²) in [5, 5.41) is 4.65. The van der Waals surface area contributed by atoms with E-state index in [0.29, 0.717) is 46.5 Å². The first-order valence-corrected chi connectivity index (χ1v) is 12.4. The van der Waals surface area contributed by atoms with E-state index in [-0.39, 0.29) is 5.56 Å². The molecule has 4 aromatic rings. The van der Waals surface area contributed by atoms with Crippen molar-refractivity contribution in [2.24, 2.45) is 0 Å². The second-order valence-electron chi connectivity index (χ2n) is 8.65. The Labute approximate surface area is 222 Å². The van der Waals surface area contributed by atoms with Crippen molar-refractivity contribution in [1.29, 1.82) is 0 Å². The number of pyridine rings is 1. The maximum Gasteiger partial charge on any atom is 0.253 e. The number of methoxy groups -OCH3 is 3. The van der Waals surface area contributed by atoms with Crippen LogP contribution < -0.4 is 25.1 Å². The first-order chi connectivity index (χ1) is 17.9. The average Bonchev–Trinajstić information content (AvgIpc) is 2.91. The highest BCUT2D eigenvalue weighted by atomic mass is 32.1. The average molecular weight is 518 g/mol. The number of anilines is 1. The van der Waals surface area contributed by atoms with Crippen LogP contribution in [-0.4, -0.2) is 42.9 Å². The zero-order valence-corrected chi connectivity index (χ0v) is 22.3. The highest BCUT2D eigenvalue weighted by Gasteiger charge is 2.17. The molecule has 0 radical (unpaired) electrons. The third kappa shape index (κ3) is 6.03. The Balaban J connectivity index is 1.66. The second kappa shape index (κ2) is 11.8. The molecule has 192 valence electrons. The van der Waals surface area contributed by atoms with E-state index in [0.717, 1.165) is 17.5 Å². The Bertz CT molecular complexity index is 1470. The van der Waals surface area contributed by atoms with Gasteiger partial charge in [-0.3, -0.25) is 4.79 Å². The molecule has 0 saturated heterocycles. The number of hydrogen-bond acceptors (Lipinski definition) is 5. The predicted octanol–water partition coefficient (Wildman–Crippen LogP) is 5.30. The molecule has 0 unspecified atom stereocenters. The van der Waals surface area contributed by atoms with Crippen molar-refractivity contribution in [3.05, 3.63) is 93.8 Å².